The molecule has 1 amide bonds. The van der Waals surface area contributed by atoms with Crippen LogP contribution in [0.15, 0.2) is 30.6 Å². The second kappa shape index (κ2) is 11.5. The Morgan fingerprint density at radius 1 is 1.08 bits per heavy atom. The Hall–Kier alpha value is -2.15. The van der Waals surface area contributed by atoms with Crippen molar-refractivity contribution in [2.75, 3.05) is 42.9 Å². The number of hydrogen-bond acceptors (Lipinski definition) is 7. The van der Waals surface area contributed by atoms with Crippen molar-refractivity contribution in [3.63, 3.8) is 0 Å². The van der Waals surface area contributed by atoms with Crippen LogP contribution in [0.2, 0.25) is 0 Å². The first kappa shape index (κ1) is 27.4. The Morgan fingerprint density at radius 2 is 1.84 bits per heavy atom. The Balaban J connectivity index is 0.00000294. The van der Waals surface area contributed by atoms with E-state index in [4.69, 9.17) is 4.98 Å². The summed E-state index contributed by atoms with van der Waals surface area (Å²) in [6.07, 6.45) is 11.6. The van der Waals surface area contributed by atoms with E-state index in [1.165, 1.54) is 19.3 Å². The summed E-state index contributed by atoms with van der Waals surface area (Å²) < 4.78 is 2.19. The van der Waals surface area contributed by atoms with Crippen molar-refractivity contribution in [1.82, 2.24) is 29.7 Å². The number of hydrogen-bond donors (Lipinski definition) is 2. The largest absolute Gasteiger partial charge is 2.00 e. The monoisotopic (exact) mass is 738 g/mol. The zero-order chi connectivity index (χ0) is 25.4. The van der Waals surface area contributed by atoms with Gasteiger partial charge < -0.3 is 38.8 Å². The van der Waals surface area contributed by atoms with Crippen LogP contribution in [0.3, 0.4) is 0 Å². The fourth-order valence-corrected chi connectivity index (χ4v) is 6.45. The molecule has 10 heteroatoms. The summed E-state index contributed by atoms with van der Waals surface area (Å²) >= 11 is 0. The molecule has 1 saturated carbocycles. The normalized spacial score (nSPS) is 19.3. The molecule has 2 fully saturated rings. The van der Waals surface area contributed by atoms with Gasteiger partial charge in [-0.2, -0.15) is 4.98 Å². The molecule has 3 aromatic rings. The standard InChI is InChI=1S/C28H36N8O.U/c1-3-34(4-2)21-10-14-35(15-11-21)22-8-9-24(29-18-22)32-27-30-17-20-16-23-26(37)31-19-28(12-6-5-7-13-28)36(23)25(20)33-27;/h8-9,16-18,21H,1-7,10-15,19H2,(H,31,37)(H,29,30,32,33);/q-2;+2. The summed E-state index contributed by atoms with van der Waals surface area (Å²) in [4.78, 5) is 31.5. The van der Waals surface area contributed by atoms with Crippen molar-refractivity contribution in [3.05, 3.63) is 50.1 Å². The first-order chi connectivity index (χ1) is 18.1. The number of carbonyl (C=O) groups is 1. The van der Waals surface area contributed by atoms with Gasteiger partial charge >= 0.3 is 31.1 Å². The van der Waals surface area contributed by atoms with Gasteiger partial charge in [0.05, 0.1) is 17.4 Å². The fraction of sp³-hybridized carbons (Fsp3) is 0.500. The maximum Gasteiger partial charge on any atom is 2.00 e. The van der Waals surface area contributed by atoms with Crippen LogP contribution in [0.4, 0.5) is 17.5 Å². The molecule has 0 aromatic carbocycles. The van der Waals surface area contributed by atoms with Gasteiger partial charge in [0.2, 0.25) is 5.95 Å². The number of amides is 1. The number of nitrogens with zero attached hydrogens (tertiary/aromatic N) is 6. The van der Waals surface area contributed by atoms with Crippen LogP contribution in [-0.2, 0) is 5.54 Å². The quantitative estimate of drug-likeness (QED) is 0.371. The molecule has 2 aliphatic heterocycles. The van der Waals surface area contributed by atoms with Crippen molar-refractivity contribution in [2.24, 2.45) is 0 Å². The number of aromatic nitrogens is 4. The Morgan fingerprint density at radius 3 is 2.53 bits per heavy atom. The van der Waals surface area contributed by atoms with E-state index in [0.717, 1.165) is 68.6 Å². The molecule has 3 aromatic heterocycles. The maximum atomic E-state index is 12.7. The number of anilines is 3. The van der Waals surface area contributed by atoms with E-state index in [-0.39, 0.29) is 42.6 Å². The molecule has 2 N–H and O–H groups in total. The number of fused-ring (bicyclic) bond motifs is 4. The van der Waals surface area contributed by atoms with Gasteiger partial charge in [0.25, 0.3) is 5.91 Å². The number of carbonyl (C=O) groups excluding carboxylic acids is 1. The first-order valence-electron chi connectivity index (χ1n) is 13.6. The van der Waals surface area contributed by atoms with Crippen LogP contribution in [0.5, 0.6) is 0 Å². The maximum absolute atomic E-state index is 12.7. The first-order valence-corrected chi connectivity index (χ1v) is 13.6. The fourth-order valence-electron chi connectivity index (χ4n) is 6.45. The van der Waals surface area contributed by atoms with E-state index in [0.29, 0.717) is 30.0 Å². The number of rotatable bonds is 6. The Bertz CT molecular complexity index is 1260. The van der Waals surface area contributed by atoms with Crippen LogP contribution in [0.25, 0.3) is 11.0 Å². The Kier molecular flexibility index (Phi) is 8.32. The zero-order valence-corrected chi connectivity index (χ0v) is 26.1. The molecule has 1 spiro atoms. The van der Waals surface area contributed by atoms with Gasteiger partial charge in [0, 0.05) is 37.3 Å². The van der Waals surface area contributed by atoms with Crippen molar-refractivity contribution in [1.29, 1.82) is 0 Å². The van der Waals surface area contributed by atoms with E-state index in [1.807, 2.05) is 18.3 Å². The minimum atomic E-state index is -0.0967. The topological polar surface area (TPSA) is 91.2 Å². The minimum absolute atomic E-state index is 0. The predicted octanol–water partition coefficient (Wildman–Crippen LogP) is 3.91. The van der Waals surface area contributed by atoms with E-state index in [2.05, 4.69) is 54.9 Å². The minimum Gasteiger partial charge on any atom is -0.370 e. The smallest absolute Gasteiger partial charge is 0.370 e. The van der Waals surface area contributed by atoms with Crippen molar-refractivity contribution >= 4 is 34.4 Å². The molecule has 38 heavy (non-hydrogen) atoms. The third kappa shape index (κ3) is 5.07. The van der Waals surface area contributed by atoms with Gasteiger partial charge in [-0.1, -0.05) is 19.3 Å². The number of pyridine rings is 1. The molecule has 0 unspecified atom stereocenters. The van der Waals surface area contributed by atoms with Gasteiger partial charge in [0.1, 0.15) is 17.2 Å². The van der Waals surface area contributed by atoms with E-state index in [1.54, 1.807) is 6.20 Å². The number of piperidine rings is 1. The average molecular weight is 739 g/mol. The van der Waals surface area contributed by atoms with Gasteiger partial charge in [-0.05, 0) is 43.9 Å². The third-order valence-electron chi connectivity index (χ3n) is 8.52. The van der Waals surface area contributed by atoms with Crippen molar-refractivity contribution in [2.45, 2.75) is 56.5 Å². The zero-order valence-electron chi connectivity index (χ0n) is 22.0. The molecule has 0 radical (unpaired) electrons. The van der Waals surface area contributed by atoms with E-state index < -0.39 is 0 Å². The molecule has 1 aliphatic carbocycles. The van der Waals surface area contributed by atoms with Gasteiger partial charge in [-0.3, -0.25) is 4.79 Å². The molecule has 1 saturated heterocycles. The van der Waals surface area contributed by atoms with Crippen LogP contribution in [0.1, 0.15) is 55.4 Å². The van der Waals surface area contributed by atoms with E-state index >= 15 is 0 Å². The summed E-state index contributed by atoms with van der Waals surface area (Å²) in [5, 5.41) is 7.28. The second-order valence-corrected chi connectivity index (χ2v) is 10.6. The summed E-state index contributed by atoms with van der Waals surface area (Å²) in [7, 11) is 0. The second-order valence-electron chi connectivity index (χ2n) is 10.6. The molecule has 9 nitrogen and oxygen atoms in total. The van der Waals surface area contributed by atoms with Gasteiger partial charge in [-0.15, -0.1) is 13.1 Å². The summed E-state index contributed by atoms with van der Waals surface area (Å²) in [5.41, 5.74) is 2.54. The molecule has 198 valence electrons. The van der Waals surface area contributed by atoms with Crippen LogP contribution in [-0.4, -0.2) is 69.1 Å². The SMILES string of the molecule is [CH2-]CN(C[CH2-])C1CCN(c2ccc(Nc3ncc4cc5n(c4n3)C3(CCCCC3)CNC5=O)nc2)CC1.[U+2]. The molecule has 3 aliphatic rings. The summed E-state index contributed by atoms with van der Waals surface area (Å²) in [6.45, 7) is 12.4. The van der Waals surface area contributed by atoms with Gasteiger partial charge in [0.15, 0.2) is 0 Å². The summed E-state index contributed by atoms with van der Waals surface area (Å²) in [6, 6.07) is 6.57. The van der Waals surface area contributed by atoms with Crippen LogP contribution < -0.4 is 15.5 Å². The molecular weight excluding hydrogens is 702 g/mol. The van der Waals surface area contributed by atoms with Crippen LogP contribution in [0, 0.1) is 45.0 Å². The van der Waals surface area contributed by atoms with Crippen molar-refractivity contribution < 1.29 is 35.9 Å². The molecule has 0 atom stereocenters. The van der Waals surface area contributed by atoms with Crippen LogP contribution >= 0.6 is 0 Å². The average Bonchev–Trinajstić information content (AvgIpc) is 3.34. The number of nitrogens with one attached hydrogen (secondary N) is 2. The Labute approximate surface area is 248 Å². The molecule has 6 rings (SSSR count). The third-order valence-corrected chi connectivity index (χ3v) is 8.52. The summed E-state index contributed by atoms with van der Waals surface area (Å²) in [5.74, 6) is 1.16. The predicted molar refractivity (Wildman–Crippen MR) is 146 cm³/mol. The van der Waals surface area contributed by atoms with Crippen molar-refractivity contribution in [3.8, 4) is 0 Å². The van der Waals surface area contributed by atoms with E-state index in [9.17, 15) is 4.79 Å². The molecule has 0 bridgehead atoms. The van der Waals surface area contributed by atoms with Gasteiger partial charge in [-0.25, -0.2) is 9.97 Å². The molecule has 5 heterocycles. The molecular formula is C28H36N8OU.